The van der Waals surface area contributed by atoms with Gasteiger partial charge in [0.2, 0.25) is 11.7 Å². The van der Waals surface area contributed by atoms with Crippen molar-refractivity contribution in [2.45, 2.75) is 38.3 Å². The molecular formula is C24H26FN5O3. The molecule has 5 rings (SSSR count). The number of nitrogens with one attached hydrogen (secondary N) is 2. The number of hydrogen-bond donors (Lipinski definition) is 2. The smallest absolute Gasteiger partial charge is 0.254 e. The first-order valence-corrected chi connectivity index (χ1v) is 11.3. The summed E-state index contributed by atoms with van der Waals surface area (Å²) in [7, 11) is 0. The van der Waals surface area contributed by atoms with Gasteiger partial charge >= 0.3 is 0 Å². The molecule has 9 heteroatoms. The maximum Gasteiger partial charge on any atom is 0.254 e. The Morgan fingerprint density at radius 2 is 2.12 bits per heavy atom. The summed E-state index contributed by atoms with van der Waals surface area (Å²) < 4.78 is 26.1. The van der Waals surface area contributed by atoms with Crippen LogP contribution in [0.2, 0.25) is 0 Å². The van der Waals surface area contributed by atoms with Crippen molar-refractivity contribution in [1.29, 1.82) is 0 Å². The second-order valence-electron chi connectivity index (χ2n) is 8.16. The number of aromatic nitrogens is 2. The standard InChI is InChI=1S/C24H26FN5O3/c1-2-32-20-11-4-3-7-15(20)22-27-23(33-29-22)19-10-6-14-30(19)24(31)16-8-5-9-17(25)21(16)18-12-13-26-28-18/h3-5,7-9,11,18-19,26,28H,2,6,10,12-14H2,1H3/t18?,19-/m0/s1. The Morgan fingerprint density at radius 1 is 1.24 bits per heavy atom. The summed E-state index contributed by atoms with van der Waals surface area (Å²) in [5, 5.41) is 4.15. The van der Waals surface area contributed by atoms with Crippen LogP contribution in [0.25, 0.3) is 11.4 Å². The minimum Gasteiger partial charge on any atom is -0.493 e. The zero-order valence-corrected chi connectivity index (χ0v) is 18.4. The summed E-state index contributed by atoms with van der Waals surface area (Å²) in [4.78, 5) is 19.9. The van der Waals surface area contributed by atoms with E-state index in [9.17, 15) is 9.18 Å². The average Bonchev–Trinajstić information content (AvgIpc) is 3.60. The summed E-state index contributed by atoms with van der Waals surface area (Å²) in [5.41, 5.74) is 7.58. The highest BCUT2D eigenvalue weighted by Crippen LogP contribution is 2.36. The fourth-order valence-corrected chi connectivity index (χ4v) is 4.61. The van der Waals surface area contributed by atoms with Crippen molar-refractivity contribution in [2.75, 3.05) is 19.7 Å². The molecule has 8 nitrogen and oxygen atoms in total. The van der Waals surface area contributed by atoms with Crippen molar-refractivity contribution in [3.8, 4) is 17.1 Å². The number of carbonyl (C=O) groups is 1. The highest BCUT2D eigenvalue weighted by atomic mass is 19.1. The molecule has 1 unspecified atom stereocenters. The van der Waals surface area contributed by atoms with Gasteiger partial charge in [-0.3, -0.25) is 15.6 Å². The number of para-hydroxylation sites is 1. The summed E-state index contributed by atoms with van der Waals surface area (Å²) >= 11 is 0. The quantitative estimate of drug-likeness (QED) is 0.589. The number of rotatable bonds is 6. The number of carbonyl (C=O) groups excluding carboxylic acids is 1. The molecule has 33 heavy (non-hydrogen) atoms. The lowest BCUT2D eigenvalue weighted by Gasteiger charge is -2.24. The maximum atomic E-state index is 14.8. The lowest BCUT2D eigenvalue weighted by atomic mass is 9.97. The van der Waals surface area contributed by atoms with E-state index in [1.54, 1.807) is 17.0 Å². The van der Waals surface area contributed by atoms with E-state index in [0.29, 0.717) is 61.1 Å². The molecule has 2 saturated heterocycles. The first-order chi connectivity index (χ1) is 16.2. The van der Waals surface area contributed by atoms with Gasteiger partial charge < -0.3 is 14.2 Å². The molecule has 2 aliphatic rings. The number of ether oxygens (including phenoxy) is 1. The molecule has 0 saturated carbocycles. The molecule has 1 amide bonds. The van der Waals surface area contributed by atoms with Crippen LogP contribution in [0.15, 0.2) is 47.0 Å². The topological polar surface area (TPSA) is 92.5 Å². The van der Waals surface area contributed by atoms with Gasteiger partial charge in [-0.1, -0.05) is 23.4 Å². The third-order valence-corrected chi connectivity index (χ3v) is 6.13. The number of hydrazine groups is 1. The van der Waals surface area contributed by atoms with Crippen LogP contribution in [-0.2, 0) is 0 Å². The minimum absolute atomic E-state index is 0.227. The fraction of sp³-hybridized carbons (Fsp3) is 0.375. The Labute approximate surface area is 191 Å². The molecule has 0 bridgehead atoms. The first kappa shape index (κ1) is 21.5. The number of nitrogens with zero attached hydrogens (tertiary/aromatic N) is 3. The van der Waals surface area contributed by atoms with Crippen molar-refractivity contribution in [2.24, 2.45) is 0 Å². The molecule has 0 spiro atoms. The van der Waals surface area contributed by atoms with Gasteiger partial charge in [-0.2, -0.15) is 4.98 Å². The Hall–Kier alpha value is -3.30. The molecule has 2 N–H and O–H groups in total. The van der Waals surface area contributed by atoms with E-state index in [-0.39, 0.29) is 23.8 Å². The first-order valence-electron chi connectivity index (χ1n) is 11.3. The Kier molecular flexibility index (Phi) is 6.06. The highest BCUT2D eigenvalue weighted by molar-refractivity contribution is 5.96. The minimum atomic E-state index is -0.384. The fourth-order valence-electron chi connectivity index (χ4n) is 4.61. The van der Waals surface area contributed by atoms with Gasteiger partial charge in [0.25, 0.3) is 5.91 Å². The van der Waals surface area contributed by atoms with E-state index in [1.165, 1.54) is 6.07 Å². The average molecular weight is 452 g/mol. The normalized spacial score (nSPS) is 20.4. The van der Waals surface area contributed by atoms with Crippen molar-refractivity contribution in [1.82, 2.24) is 25.9 Å². The van der Waals surface area contributed by atoms with E-state index in [1.807, 2.05) is 31.2 Å². The van der Waals surface area contributed by atoms with Crippen LogP contribution < -0.4 is 15.6 Å². The number of amides is 1. The monoisotopic (exact) mass is 451 g/mol. The second-order valence-corrected chi connectivity index (χ2v) is 8.16. The Bertz CT molecular complexity index is 1140. The van der Waals surface area contributed by atoms with E-state index < -0.39 is 0 Å². The molecule has 2 aromatic carbocycles. The maximum absolute atomic E-state index is 14.8. The SMILES string of the molecule is CCOc1ccccc1-c1noc([C@@H]2CCCN2C(=O)c2cccc(F)c2C2CCNN2)n1. The highest BCUT2D eigenvalue weighted by Gasteiger charge is 2.37. The molecule has 1 aromatic heterocycles. The van der Waals surface area contributed by atoms with Gasteiger partial charge in [-0.25, -0.2) is 4.39 Å². The van der Waals surface area contributed by atoms with E-state index in [4.69, 9.17) is 9.26 Å². The van der Waals surface area contributed by atoms with Crippen LogP contribution in [0.5, 0.6) is 5.75 Å². The second kappa shape index (κ2) is 9.29. The van der Waals surface area contributed by atoms with Crippen molar-refractivity contribution in [3.63, 3.8) is 0 Å². The van der Waals surface area contributed by atoms with Gasteiger partial charge in [0.15, 0.2) is 0 Å². The van der Waals surface area contributed by atoms with Gasteiger partial charge in [-0.15, -0.1) is 0 Å². The number of benzene rings is 2. The zero-order valence-electron chi connectivity index (χ0n) is 18.4. The van der Waals surface area contributed by atoms with Crippen molar-refractivity contribution >= 4 is 5.91 Å². The van der Waals surface area contributed by atoms with Crippen LogP contribution in [-0.4, -0.2) is 40.6 Å². The molecule has 2 aliphatic heterocycles. The summed E-state index contributed by atoms with van der Waals surface area (Å²) in [6.45, 7) is 3.70. The van der Waals surface area contributed by atoms with Gasteiger partial charge in [0, 0.05) is 24.2 Å². The molecule has 0 aliphatic carbocycles. The van der Waals surface area contributed by atoms with Crippen LogP contribution in [0.3, 0.4) is 0 Å². The summed E-state index contributed by atoms with van der Waals surface area (Å²) in [6.07, 6.45) is 2.21. The number of halogens is 1. The van der Waals surface area contributed by atoms with Crippen molar-refractivity contribution < 1.29 is 18.4 Å². The Morgan fingerprint density at radius 3 is 2.94 bits per heavy atom. The molecule has 172 valence electrons. The summed E-state index contributed by atoms with van der Waals surface area (Å²) in [6, 6.07) is 11.6. The lowest BCUT2D eigenvalue weighted by molar-refractivity contribution is 0.0707. The van der Waals surface area contributed by atoms with Crippen LogP contribution in [0, 0.1) is 5.82 Å². The van der Waals surface area contributed by atoms with E-state index >= 15 is 0 Å². The molecular weight excluding hydrogens is 425 g/mol. The largest absolute Gasteiger partial charge is 0.493 e. The van der Waals surface area contributed by atoms with Gasteiger partial charge in [0.1, 0.15) is 17.6 Å². The number of likely N-dealkylation sites (tertiary alicyclic amines) is 1. The van der Waals surface area contributed by atoms with E-state index in [2.05, 4.69) is 21.0 Å². The number of hydrogen-bond acceptors (Lipinski definition) is 7. The molecule has 0 radical (unpaired) electrons. The van der Waals surface area contributed by atoms with Gasteiger partial charge in [0.05, 0.1) is 18.2 Å². The van der Waals surface area contributed by atoms with E-state index in [0.717, 1.165) is 12.0 Å². The predicted octanol–water partition coefficient (Wildman–Crippen LogP) is 3.79. The van der Waals surface area contributed by atoms with Crippen LogP contribution in [0.1, 0.15) is 60.1 Å². The Balaban J connectivity index is 1.44. The van der Waals surface area contributed by atoms with Crippen LogP contribution in [0.4, 0.5) is 4.39 Å². The van der Waals surface area contributed by atoms with Crippen molar-refractivity contribution in [3.05, 3.63) is 65.3 Å². The molecule has 3 aromatic rings. The molecule has 2 atom stereocenters. The van der Waals surface area contributed by atoms with Crippen LogP contribution >= 0.6 is 0 Å². The van der Waals surface area contributed by atoms with Gasteiger partial charge in [-0.05, 0) is 50.5 Å². The molecule has 2 fully saturated rings. The third kappa shape index (κ3) is 4.09. The molecule has 3 heterocycles. The predicted molar refractivity (Wildman–Crippen MR) is 119 cm³/mol. The summed E-state index contributed by atoms with van der Waals surface area (Å²) in [5.74, 6) is 0.858. The zero-order chi connectivity index (χ0) is 22.8. The lowest BCUT2D eigenvalue weighted by Crippen LogP contribution is -2.33. The third-order valence-electron chi connectivity index (χ3n) is 6.13.